The van der Waals surface area contributed by atoms with Crippen molar-refractivity contribution < 1.29 is 19.5 Å². The Balaban J connectivity index is 1.81. The van der Waals surface area contributed by atoms with Crippen LogP contribution in [0, 0.1) is 0 Å². The van der Waals surface area contributed by atoms with Crippen LogP contribution >= 0.6 is 0 Å². The minimum absolute atomic E-state index is 0.00514. The van der Waals surface area contributed by atoms with Crippen LogP contribution in [0.3, 0.4) is 0 Å². The van der Waals surface area contributed by atoms with Crippen molar-refractivity contribution in [2.24, 2.45) is 0 Å². The third-order valence-corrected chi connectivity index (χ3v) is 5.17. The highest BCUT2D eigenvalue weighted by Gasteiger charge is 2.42. The van der Waals surface area contributed by atoms with Gasteiger partial charge in [-0.2, -0.15) is 0 Å². The average molecular weight is 386 g/mol. The lowest BCUT2D eigenvalue weighted by atomic mass is 10.0. The summed E-state index contributed by atoms with van der Waals surface area (Å²) in [6, 6.07) is 7.49. The number of aliphatic hydroxyl groups is 1. The largest absolute Gasteiger partial charge is 0.376 e. The Morgan fingerprint density at radius 1 is 1.32 bits per heavy atom. The monoisotopic (exact) mass is 386 g/mol. The number of hydrazine groups is 1. The van der Waals surface area contributed by atoms with Crippen LogP contribution < -0.4 is 10.6 Å². The lowest BCUT2D eigenvalue weighted by molar-refractivity contribution is -0.165. The zero-order valence-corrected chi connectivity index (χ0v) is 15.7. The molecule has 3 rings (SSSR count). The number of hydrogen-bond acceptors (Lipinski definition) is 6. The van der Waals surface area contributed by atoms with E-state index in [1.165, 1.54) is 5.01 Å². The van der Waals surface area contributed by atoms with Gasteiger partial charge in [0.1, 0.15) is 18.6 Å². The molecule has 2 saturated heterocycles. The zero-order chi connectivity index (χ0) is 20.1. The summed E-state index contributed by atoms with van der Waals surface area (Å²) in [6.07, 6.45) is 1.99. The summed E-state index contributed by atoms with van der Waals surface area (Å²) in [4.78, 5) is 36.5. The number of nitrogens with one attached hydrogen (secondary N) is 2. The fourth-order valence-corrected chi connectivity index (χ4v) is 3.74. The van der Waals surface area contributed by atoms with Crippen molar-refractivity contribution in [1.29, 1.82) is 0 Å². The molecule has 0 aromatic heterocycles. The quantitative estimate of drug-likeness (QED) is 0.483. The molecule has 2 heterocycles. The Morgan fingerprint density at radius 2 is 2.07 bits per heavy atom. The number of carbonyl (C=O) groups is 3. The average Bonchev–Trinajstić information content (AvgIpc) is 2.84. The lowest BCUT2D eigenvalue weighted by Crippen LogP contribution is -2.63. The molecule has 8 nitrogen and oxygen atoms in total. The van der Waals surface area contributed by atoms with E-state index in [1.807, 2.05) is 6.07 Å². The van der Waals surface area contributed by atoms with Gasteiger partial charge in [-0.15, -0.1) is 0 Å². The van der Waals surface area contributed by atoms with E-state index in [0.29, 0.717) is 37.7 Å². The van der Waals surface area contributed by atoms with E-state index in [2.05, 4.69) is 17.2 Å². The molecule has 2 fully saturated rings. The predicted molar refractivity (Wildman–Crippen MR) is 103 cm³/mol. The summed E-state index contributed by atoms with van der Waals surface area (Å²) in [5.41, 5.74) is 1.26. The molecule has 28 heavy (non-hydrogen) atoms. The summed E-state index contributed by atoms with van der Waals surface area (Å²) in [5, 5.41) is 19.3. The van der Waals surface area contributed by atoms with Gasteiger partial charge < -0.3 is 15.2 Å². The first-order valence-corrected chi connectivity index (χ1v) is 9.52. The molecule has 0 saturated carbocycles. The van der Waals surface area contributed by atoms with Crippen LogP contribution in [0.25, 0.3) is 0 Å². The SMILES string of the molecule is C=C1CC[C@H](NC(=O)c2ccccc2)C(=O)N2[C@H](C(O)NCC=O)CCCN12. The summed E-state index contributed by atoms with van der Waals surface area (Å²) < 4.78 is 0. The molecule has 1 aromatic carbocycles. The molecule has 1 aromatic rings. The van der Waals surface area contributed by atoms with Gasteiger partial charge in [-0.1, -0.05) is 24.8 Å². The van der Waals surface area contributed by atoms with Gasteiger partial charge in [-0.3, -0.25) is 19.9 Å². The molecular formula is C20H26N4O4. The van der Waals surface area contributed by atoms with Crippen molar-refractivity contribution in [3.63, 3.8) is 0 Å². The molecule has 8 heteroatoms. The molecule has 2 amide bonds. The van der Waals surface area contributed by atoms with Gasteiger partial charge in [0.05, 0.1) is 12.6 Å². The molecule has 3 atom stereocenters. The molecule has 0 spiro atoms. The van der Waals surface area contributed by atoms with Crippen LogP contribution in [0.5, 0.6) is 0 Å². The van der Waals surface area contributed by atoms with E-state index < -0.39 is 18.3 Å². The van der Waals surface area contributed by atoms with Crippen molar-refractivity contribution in [2.75, 3.05) is 13.1 Å². The van der Waals surface area contributed by atoms with Crippen LogP contribution in [0.1, 0.15) is 36.0 Å². The van der Waals surface area contributed by atoms with E-state index in [0.717, 1.165) is 12.1 Å². The van der Waals surface area contributed by atoms with Crippen LogP contribution in [-0.2, 0) is 9.59 Å². The lowest BCUT2D eigenvalue weighted by Gasteiger charge is -2.47. The van der Waals surface area contributed by atoms with E-state index >= 15 is 0 Å². The maximum absolute atomic E-state index is 13.3. The normalized spacial score (nSPS) is 23.6. The fraction of sp³-hybridized carbons (Fsp3) is 0.450. The highest BCUT2D eigenvalue weighted by Crippen LogP contribution is 2.29. The summed E-state index contributed by atoms with van der Waals surface area (Å²) in [7, 11) is 0. The van der Waals surface area contributed by atoms with E-state index in [4.69, 9.17) is 0 Å². The Labute approximate surface area is 164 Å². The van der Waals surface area contributed by atoms with Crippen LogP contribution in [0.15, 0.2) is 42.6 Å². The van der Waals surface area contributed by atoms with Gasteiger partial charge in [0.15, 0.2) is 0 Å². The number of fused-ring (bicyclic) bond motifs is 1. The van der Waals surface area contributed by atoms with Crippen LogP contribution in [0.4, 0.5) is 0 Å². The van der Waals surface area contributed by atoms with Crippen molar-refractivity contribution in [1.82, 2.24) is 20.7 Å². The molecule has 0 radical (unpaired) electrons. The van der Waals surface area contributed by atoms with E-state index in [9.17, 15) is 19.5 Å². The van der Waals surface area contributed by atoms with Crippen LogP contribution in [-0.4, -0.2) is 64.6 Å². The molecule has 150 valence electrons. The van der Waals surface area contributed by atoms with Crippen LogP contribution in [0.2, 0.25) is 0 Å². The molecule has 2 aliphatic rings. The van der Waals surface area contributed by atoms with Crippen molar-refractivity contribution >= 4 is 18.1 Å². The molecule has 1 unspecified atom stereocenters. The number of amides is 2. The second-order valence-corrected chi connectivity index (χ2v) is 7.03. The minimum atomic E-state index is -1.05. The van der Waals surface area contributed by atoms with Crippen molar-refractivity contribution in [3.8, 4) is 0 Å². The number of benzene rings is 1. The summed E-state index contributed by atoms with van der Waals surface area (Å²) >= 11 is 0. The van der Waals surface area contributed by atoms with Gasteiger partial charge in [0.2, 0.25) is 0 Å². The Morgan fingerprint density at radius 3 is 2.79 bits per heavy atom. The minimum Gasteiger partial charge on any atom is -0.376 e. The molecule has 0 aliphatic carbocycles. The highest BCUT2D eigenvalue weighted by atomic mass is 16.3. The summed E-state index contributed by atoms with van der Waals surface area (Å²) in [6.45, 7) is 4.70. The standard InChI is InChI=1S/C20H26N4O4/c1-14-9-10-16(22-18(26)15-6-3-2-4-7-15)20(28)24-17(8-5-12-23(14)24)19(27)21-11-13-25/h2-4,6-7,13,16-17,19,21,27H,1,5,8-12H2,(H,22,26)/t16-,17-,19?/m0/s1. The number of aliphatic hydroxyl groups excluding tert-OH is 1. The van der Waals surface area contributed by atoms with Gasteiger partial charge in [0.25, 0.3) is 11.8 Å². The first-order chi connectivity index (χ1) is 13.5. The Kier molecular flexibility index (Phi) is 6.43. The molecule has 3 N–H and O–H groups in total. The summed E-state index contributed by atoms with van der Waals surface area (Å²) in [5.74, 6) is -0.592. The Bertz CT molecular complexity index is 739. The number of rotatable bonds is 6. The highest BCUT2D eigenvalue weighted by molar-refractivity contribution is 5.97. The maximum atomic E-state index is 13.3. The molecule has 0 bridgehead atoms. The fourth-order valence-electron chi connectivity index (χ4n) is 3.74. The second-order valence-electron chi connectivity index (χ2n) is 7.03. The third-order valence-electron chi connectivity index (χ3n) is 5.17. The van der Waals surface area contributed by atoms with Gasteiger partial charge in [-0.25, -0.2) is 5.01 Å². The first-order valence-electron chi connectivity index (χ1n) is 9.52. The Hall–Kier alpha value is -2.71. The predicted octanol–water partition coefficient (Wildman–Crippen LogP) is 0.407. The number of aldehydes is 1. The van der Waals surface area contributed by atoms with E-state index in [-0.39, 0.29) is 18.4 Å². The zero-order valence-electron chi connectivity index (χ0n) is 15.7. The van der Waals surface area contributed by atoms with Crippen molar-refractivity contribution in [2.45, 2.75) is 44.0 Å². The molecular weight excluding hydrogens is 360 g/mol. The topological polar surface area (TPSA) is 102 Å². The van der Waals surface area contributed by atoms with E-state index in [1.54, 1.807) is 29.3 Å². The van der Waals surface area contributed by atoms with Gasteiger partial charge >= 0.3 is 0 Å². The number of allylic oxidation sites excluding steroid dienone is 1. The first kappa shape index (κ1) is 20.0. The van der Waals surface area contributed by atoms with Gasteiger partial charge in [-0.05, 0) is 37.8 Å². The second kappa shape index (κ2) is 8.99. The van der Waals surface area contributed by atoms with Crippen molar-refractivity contribution in [3.05, 3.63) is 48.2 Å². The number of nitrogens with zero attached hydrogens (tertiary/aromatic N) is 2. The number of hydrogen-bond donors (Lipinski definition) is 3. The smallest absolute Gasteiger partial charge is 0.264 e. The maximum Gasteiger partial charge on any atom is 0.264 e. The van der Waals surface area contributed by atoms with Gasteiger partial charge in [0, 0.05) is 17.8 Å². The third kappa shape index (κ3) is 4.23. The molecule has 2 aliphatic heterocycles. The number of carbonyl (C=O) groups excluding carboxylic acids is 3.